The maximum Gasteiger partial charge on any atom is 0.254 e. The molecular weight excluding hydrogens is 258 g/mol. The molecule has 1 aliphatic heterocycles. The summed E-state index contributed by atoms with van der Waals surface area (Å²) in [7, 11) is 1.57. The van der Waals surface area contributed by atoms with Gasteiger partial charge in [0.15, 0.2) is 0 Å². The molecule has 6 nitrogen and oxygen atoms in total. The van der Waals surface area contributed by atoms with Crippen LogP contribution in [0.1, 0.15) is 6.92 Å². The fourth-order valence-corrected chi connectivity index (χ4v) is 2.13. The Kier molecular flexibility index (Phi) is 4.81. The number of nitrogens with zero attached hydrogens (tertiary/aromatic N) is 1. The van der Waals surface area contributed by atoms with E-state index in [0.717, 1.165) is 13.1 Å². The number of nitrogen functional groups attached to an aromatic ring is 1. The molecule has 1 unspecified atom stereocenters. The van der Waals surface area contributed by atoms with Gasteiger partial charge in [0.2, 0.25) is 0 Å². The minimum Gasteiger partial charge on any atom is -0.497 e. The number of benzene rings is 1. The van der Waals surface area contributed by atoms with E-state index in [-0.39, 0.29) is 5.91 Å². The Morgan fingerprint density at radius 1 is 1.60 bits per heavy atom. The molecule has 110 valence electrons. The lowest BCUT2D eigenvalue weighted by molar-refractivity contribution is -0.132. The number of methoxy groups -OCH3 is 1. The molecule has 1 aliphatic rings. The van der Waals surface area contributed by atoms with Crippen LogP contribution in [0.4, 0.5) is 11.4 Å². The van der Waals surface area contributed by atoms with Crippen LogP contribution in [0.2, 0.25) is 0 Å². The van der Waals surface area contributed by atoms with Crippen LogP contribution in [0.25, 0.3) is 0 Å². The molecule has 1 aromatic carbocycles. The molecule has 0 aliphatic carbocycles. The molecule has 2 rings (SSSR count). The van der Waals surface area contributed by atoms with Crippen LogP contribution >= 0.6 is 0 Å². The number of morpholine rings is 1. The minimum absolute atomic E-state index is 0.178. The van der Waals surface area contributed by atoms with Gasteiger partial charge in [-0.2, -0.15) is 0 Å². The van der Waals surface area contributed by atoms with Gasteiger partial charge in [-0.1, -0.05) is 6.92 Å². The molecule has 20 heavy (non-hydrogen) atoms. The largest absolute Gasteiger partial charge is 0.497 e. The number of anilines is 2. The van der Waals surface area contributed by atoms with Gasteiger partial charge in [0.1, 0.15) is 11.9 Å². The molecule has 0 aromatic heterocycles. The highest BCUT2D eigenvalue weighted by Crippen LogP contribution is 2.24. The maximum absolute atomic E-state index is 12.2. The number of carbonyl (C=O) groups is 1. The van der Waals surface area contributed by atoms with Crippen LogP contribution in [0.3, 0.4) is 0 Å². The van der Waals surface area contributed by atoms with Crippen molar-refractivity contribution in [3.05, 3.63) is 18.2 Å². The standard InChI is InChI=1S/C14H21N3O3/c1-3-17-6-7-20-13(9-17)14(18)16-12-8-10(19-2)4-5-11(12)15/h4-5,8,13H,3,6-7,9,15H2,1-2H3,(H,16,18). The second-order valence-corrected chi connectivity index (χ2v) is 4.70. The first-order valence-electron chi connectivity index (χ1n) is 6.72. The zero-order valence-corrected chi connectivity index (χ0v) is 11.9. The van der Waals surface area contributed by atoms with Crippen molar-refractivity contribution in [3.8, 4) is 5.75 Å². The first kappa shape index (κ1) is 14.6. The van der Waals surface area contributed by atoms with E-state index in [4.69, 9.17) is 15.2 Å². The lowest BCUT2D eigenvalue weighted by Gasteiger charge is -2.31. The molecule has 3 N–H and O–H groups in total. The third kappa shape index (κ3) is 3.40. The van der Waals surface area contributed by atoms with Crippen LogP contribution in [0.15, 0.2) is 18.2 Å². The van der Waals surface area contributed by atoms with Crippen LogP contribution in [-0.2, 0) is 9.53 Å². The van der Waals surface area contributed by atoms with Crippen molar-refractivity contribution in [2.24, 2.45) is 0 Å². The molecule has 6 heteroatoms. The van der Waals surface area contributed by atoms with Gasteiger partial charge in [0, 0.05) is 19.2 Å². The van der Waals surface area contributed by atoms with Crippen molar-refractivity contribution >= 4 is 17.3 Å². The Labute approximate surface area is 118 Å². The van der Waals surface area contributed by atoms with Gasteiger partial charge in [0.25, 0.3) is 5.91 Å². The van der Waals surface area contributed by atoms with E-state index in [1.807, 2.05) is 0 Å². The van der Waals surface area contributed by atoms with Crippen molar-refractivity contribution in [3.63, 3.8) is 0 Å². The Bertz CT molecular complexity index is 479. The molecule has 1 heterocycles. The van der Waals surface area contributed by atoms with E-state index >= 15 is 0 Å². The number of carbonyl (C=O) groups excluding carboxylic acids is 1. The number of hydrogen-bond acceptors (Lipinski definition) is 5. The zero-order valence-electron chi connectivity index (χ0n) is 11.9. The number of nitrogens with one attached hydrogen (secondary N) is 1. The van der Waals surface area contributed by atoms with Gasteiger partial charge >= 0.3 is 0 Å². The molecule has 1 atom stereocenters. The van der Waals surface area contributed by atoms with Gasteiger partial charge in [-0.15, -0.1) is 0 Å². The van der Waals surface area contributed by atoms with Crippen LogP contribution in [-0.4, -0.2) is 50.3 Å². The van der Waals surface area contributed by atoms with Crippen LogP contribution in [0.5, 0.6) is 5.75 Å². The van der Waals surface area contributed by atoms with Crippen molar-refractivity contribution in [2.45, 2.75) is 13.0 Å². The molecule has 1 fully saturated rings. The molecule has 1 aromatic rings. The summed E-state index contributed by atoms with van der Waals surface area (Å²) in [6.45, 7) is 5.02. The Morgan fingerprint density at radius 3 is 3.10 bits per heavy atom. The van der Waals surface area contributed by atoms with E-state index in [2.05, 4.69) is 17.1 Å². The summed E-state index contributed by atoms with van der Waals surface area (Å²) in [4.78, 5) is 14.4. The number of rotatable bonds is 4. The minimum atomic E-state index is -0.464. The summed E-state index contributed by atoms with van der Waals surface area (Å²) < 4.78 is 10.6. The third-order valence-electron chi connectivity index (χ3n) is 3.41. The fourth-order valence-electron chi connectivity index (χ4n) is 2.13. The highest BCUT2D eigenvalue weighted by Gasteiger charge is 2.26. The van der Waals surface area contributed by atoms with Gasteiger partial charge in [-0.25, -0.2) is 0 Å². The predicted molar refractivity (Wildman–Crippen MR) is 77.9 cm³/mol. The summed E-state index contributed by atoms with van der Waals surface area (Å²) in [6, 6.07) is 5.16. The second-order valence-electron chi connectivity index (χ2n) is 4.70. The van der Waals surface area contributed by atoms with Crippen LogP contribution in [0, 0.1) is 0 Å². The molecule has 1 saturated heterocycles. The zero-order chi connectivity index (χ0) is 14.5. The van der Waals surface area contributed by atoms with Crippen molar-refractivity contribution in [2.75, 3.05) is 44.4 Å². The van der Waals surface area contributed by atoms with Gasteiger partial charge < -0.3 is 20.5 Å². The third-order valence-corrected chi connectivity index (χ3v) is 3.41. The molecule has 0 spiro atoms. The normalized spacial score (nSPS) is 19.6. The lowest BCUT2D eigenvalue weighted by atomic mass is 10.2. The van der Waals surface area contributed by atoms with Gasteiger partial charge in [-0.3, -0.25) is 9.69 Å². The molecule has 0 bridgehead atoms. The van der Waals surface area contributed by atoms with E-state index in [1.54, 1.807) is 25.3 Å². The second kappa shape index (κ2) is 6.58. The van der Waals surface area contributed by atoms with E-state index in [1.165, 1.54) is 0 Å². The van der Waals surface area contributed by atoms with Crippen molar-refractivity contribution in [1.82, 2.24) is 4.90 Å². The average Bonchev–Trinajstić information content (AvgIpc) is 2.49. The van der Waals surface area contributed by atoms with Crippen molar-refractivity contribution in [1.29, 1.82) is 0 Å². The summed E-state index contributed by atoms with van der Waals surface area (Å²) in [6.07, 6.45) is -0.464. The monoisotopic (exact) mass is 279 g/mol. The quantitative estimate of drug-likeness (QED) is 0.802. The molecular formula is C14H21N3O3. The molecule has 1 amide bonds. The lowest BCUT2D eigenvalue weighted by Crippen LogP contribution is -2.47. The maximum atomic E-state index is 12.2. The topological polar surface area (TPSA) is 76.8 Å². The Morgan fingerprint density at radius 2 is 2.40 bits per heavy atom. The number of hydrogen-bond donors (Lipinski definition) is 2. The van der Waals surface area contributed by atoms with E-state index in [0.29, 0.717) is 30.3 Å². The number of ether oxygens (including phenoxy) is 2. The number of likely N-dealkylation sites (N-methyl/N-ethyl adjacent to an activating group) is 1. The highest BCUT2D eigenvalue weighted by molar-refractivity contribution is 5.97. The summed E-state index contributed by atoms with van der Waals surface area (Å²) in [5, 5.41) is 2.80. The smallest absolute Gasteiger partial charge is 0.254 e. The first-order valence-corrected chi connectivity index (χ1v) is 6.72. The predicted octanol–water partition coefficient (Wildman–Crippen LogP) is 0.937. The number of amides is 1. The highest BCUT2D eigenvalue weighted by atomic mass is 16.5. The Hall–Kier alpha value is -1.79. The molecule has 0 radical (unpaired) electrons. The average molecular weight is 279 g/mol. The van der Waals surface area contributed by atoms with Gasteiger partial charge in [-0.05, 0) is 18.7 Å². The van der Waals surface area contributed by atoms with Crippen LogP contribution < -0.4 is 15.8 Å². The summed E-state index contributed by atoms with van der Waals surface area (Å²) >= 11 is 0. The number of nitrogens with two attached hydrogens (primary N) is 1. The first-order chi connectivity index (χ1) is 9.63. The van der Waals surface area contributed by atoms with Gasteiger partial charge in [0.05, 0.1) is 25.1 Å². The summed E-state index contributed by atoms with van der Waals surface area (Å²) in [5.74, 6) is 0.470. The van der Waals surface area contributed by atoms with E-state index < -0.39 is 6.10 Å². The van der Waals surface area contributed by atoms with Crippen molar-refractivity contribution < 1.29 is 14.3 Å². The molecule has 0 saturated carbocycles. The van der Waals surface area contributed by atoms with E-state index in [9.17, 15) is 4.79 Å². The summed E-state index contributed by atoms with van der Waals surface area (Å²) in [5.41, 5.74) is 6.90. The SMILES string of the molecule is CCN1CCOC(C(=O)Nc2cc(OC)ccc2N)C1. The Balaban J connectivity index is 2.03. The fraction of sp³-hybridized carbons (Fsp3) is 0.500.